The molecule has 3 aromatic rings. The summed E-state index contributed by atoms with van der Waals surface area (Å²) >= 11 is 6.36. The molecule has 2 aliphatic rings. The number of carbonyl (C=O) groups is 1. The summed E-state index contributed by atoms with van der Waals surface area (Å²) in [5, 5.41) is 0.775. The van der Waals surface area contributed by atoms with Crippen LogP contribution in [0.1, 0.15) is 18.7 Å². The Hall–Kier alpha value is -2.57. The first-order chi connectivity index (χ1) is 15.6. The number of imidazole rings is 1. The number of hydrogen-bond acceptors (Lipinski definition) is 4. The minimum Gasteiger partial charge on any atom is -0.367 e. The van der Waals surface area contributed by atoms with Crippen LogP contribution in [-0.4, -0.2) is 64.5 Å². The first kappa shape index (κ1) is 21.3. The lowest BCUT2D eigenvalue weighted by molar-refractivity contribution is -0.137. The van der Waals surface area contributed by atoms with E-state index in [1.807, 2.05) is 24.3 Å². The molecule has 0 bridgehead atoms. The van der Waals surface area contributed by atoms with Crippen LogP contribution in [0.15, 0.2) is 48.5 Å². The maximum Gasteiger partial charge on any atom is 0.227 e. The van der Waals surface area contributed by atoms with Gasteiger partial charge in [-0.15, -0.1) is 0 Å². The van der Waals surface area contributed by atoms with Gasteiger partial charge in [-0.2, -0.15) is 0 Å². The van der Waals surface area contributed by atoms with Crippen LogP contribution in [0.5, 0.6) is 0 Å². The molecule has 2 fully saturated rings. The normalized spacial score (nSPS) is 20.1. The molecular formula is C25H30ClN5O. The predicted octanol–water partition coefficient (Wildman–Crippen LogP) is 3.79. The number of piperidine rings is 1. The van der Waals surface area contributed by atoms with E-state index in [0.717, 1.165) is 86.2 Å². The highest BCUT2D eigenvalue weighted by molar-refractivity contribution is 6.33. The van der Waals surface area contributed by atoms with Crippen LogP contribution in [0.3, 0.4) is 0 Å². The molecule has 0 saturated carbocycles. The summed E-state index contributed by atoms with van der Waals surface area (Å²) in [4.78, 5) is 24.9. The lowest BCUT2D eigenvalue weighted by atomic mass is 9.96. The molecule has 0 radical (unpaired) electrons. The molecule has 168 valence electrons. The van der Waals surface area contributed by atoms with Crippen molar-refractivity contribution in [2.24, 2.45) is 13.0 Å². The first-order valence-corrected chi connectivity index (χ1v) is 11.9. The summed E-state index contributed by atoms with van der Waals surface area (Å²) < 4.78 is 2.18. The number of carbonyl (C=O) groups excluding carboxylic acids is 1. The number of nitrogens with zero attached hydrogens (tertiary/aromatic N) is 5. The van der Waals surface area contributed by atoms with E-state index in [-0.39, 0.29) is 5.92 Å². The summed E-state index contributed by atoms with van der Waals surface area (Å²) in [5.74, 6) is 1.44. The Balaban J connectivity index is 1.19. The van der Waals surface area contributed by atoms with E-state index in [2.05, 4.69) is 50.6 Å². The van der Waals surface area contributed by atoms with Gasteiger partial charge in [0.05, 0.1) is 34.2 Å². The maximum absolute atomic E-state index is 13.3. The van der Waals surface area contributed by atoms with E-state index in [0.29, 0.717) is 5.91 Å². The van der Waals surface area contributed by atoms with Crippen molar-refractivity contribution in [1.29, 1.82) is 0 Å². The molecule has 0 unspecified atom stereocenters. The molecule has 6 nitrogen and oxygen atoms in total. The van der Waals surface area contributed by atoms with Crippen LogP contribution >= 0.6 is 11.6 Å². The Labute approximate surface area is 194 Å². The molecule has 2 saturated heterocycles. The number of para-hydroxylation sites is 3. The van der Waals surface area contributed by atoms with Gasteiger partial charge in [0, 0.05) is 39.8 Å². The zero-order chi connectivity index (χ0) is 22.1. The average molecular weight is 452 g/mol. The Morgan fingerprint density at radius 1 is 1.03 bits per heavy atom. The first-order valence-electron chi connectivity index (χ1n) is 11.5. The lowest BCUT2D eigenvalue weighted by Crippen LogP contribution is -2.52. The van der Waals surface area contributed by atoms with Crippen LogP contribution in [0, 0.1) is 5.92 Å². The monoisotopic (exact) mass is 451 g/mol. The van der Waals surface area contributed by atoms with Gasteiger partial charge in [-0.25, -0.2) is 4.98 Å². The van der Waals surface area contributed by atoms with Crippen LogP contribution in [0.25, 0.3) is 11.0 Å². The summed E-state index contributed by atoms with van der Waals surface area (Å²) in [5.41, 5.74) is 3.25. The third-order valence-corrected chi connectivity index (χ3v) is 7.20. The summed E-state index contributed by atoms with van der Waals surface area (Å²) in [7, 11) is 2.08. The Morgan fingerprint density at radius 2 is 1.78 bits per heavy atom. The van der Waals surface area contributed by atoms with Crippen molar-refractivity contribution in [3.63, 3.8) is 0 Å². The van der Waals surface area contributed by atoms with Gasteiger partial charge in [-0.3, -0.25) is 9.69 Å². The summed E-state index contributed by atoms with van der Waals surface area (Å²) in [6.07, 6.45) is 2.03. The van der Waals surface area contributed by atoms with Crippen molar-refractivity contribution >= 4 is 34.2 Å². The second-order valence-corrected chi connectivity index (χ2v) is 9.32. The van der Waals surface area contributed by atoms with Crippen molar-refractivity contribution in [2.45, 2.75) is 19.4 Å². The van der Waals surface area contributed by atoms with Gasteiger partial charge in [0.25, 0.3) is 0 Å². The smallest absolute Gasteiger partial charge is 0.227 e. The third-order valence-electron chi connectivity index (χ3n) is 6.88. The van der Waals surface area contributed by atoms with E-state index >= 15 is 0 Å². The molecule has 1 aromatic heterocycles. The van der Waals surface area contributed by atoms with E-state index in [1.165, 1.54) is 0 Å². The maximum atomic E-state index is 13.3. The molecular weight excluding hydrogens is 422 g/mol. The highest BCUT2D eigenvalue weighted by Crippen LogP contribution is 2.27. The van der Waals surface area contributed by atoms with E-state index in [9.17, 15) is 4.79 Å². The van der Waals surface area contributed by atoms with Crippen molar-refractivity contribution in [3.05, 3.63) is 59.4 Å². The molecule has 1 atom stereocenters. The van der Waals surface area contributed by atoms with E-state index in [4.69, 9.17) is 16.6 Å². The van der Waals surface area contributed by atoms with Crippen molar-refractivity contribution < 1.29 is 4.79 Å². The molecule has 5 rings (SSSR count). The predicted molar refractivity (Wildman–Crippen MR) is 129 cm³/mol. The Morgan fingerprint density at radius 3 is 2.56 bits per heavy atom. The molecule has 3 heterocycles. The number of piperazine rings is 1. The number of benzene rings is 2. The summed E-state index contributed by atoms with van der Waals surface area (Å²) in [6.45, 7) is 5.78. The number of aromatic nitrogens is 2. The SMILES string of the molecule is Cn1c(CN2CCC[C@@H](C(=O)N3CCN(c4ccccc4Cl)CC3)C2)nc2ccccc21. The van der Waals surface area contributed by atoms with Crippen LogP contribution in [-0.2, 0) is 18.4 Å². The number of anilines is 1. The molecule has 2 aromatic carbocycles. The average Bonchev–Trinajstić information content (AvgIpc) is 3.14. The van der Waals surface area contributed by atoms with Gasteiger partial charge in [0.15, 0.2) is 0 Å². The van der Waals surface area contributed by atoms with Gasteiger partial charge < -0.3 is 14.4 Å². The molecule has 0 spiro atoms. The molecule has 0 aliphatic carbocycles. The lowest BCUT2D eigenvalue weighted by Gasteiger charge is -2.39. The fourth-order valence-electron chi connectivity index (χ4n) is 5.07. The topological polar surface area (TPSA) is 44.6 Å². The fourth-order valence-corrected chi connectivity index (χ4v) is 5.33. The number of halogens is 1. The molecule has 2 aliphatic heterocycles. The minimum absolute atomic E-state index is 0.0743. The largest absolute Gasteiger partial charge is 0.367 e. The highest BCUT2D eigenvalue weighted by Gasteiger charge is 2.31. The Bertz CT molecular complexity index is 1100. The van der Waals surface area contributed by atoms with Crippen molar-refractivity contribution in [3.8, 4) is 0 Å². The zero-order valence-electron chi connectivity index (χ0n) is 18.6. The Kier molecular flexibility index (Phi) is 6.07. The van der Waals surface area contributed by atoms with E-state index in [1.54, 1.807) is 0 Å². The van der Waals surface area contributed by atoms with E-state index < -0.39 is 0 Å². The number of rotatable bonds is 4. The van der Waals surface area contributed by atoms with Crippen molar-refractivity contribution in [1.82, 2.24) is 19.4 Å². The number of likely N-dealkylation sites (tertiary alicyclic amines) is 1. The number of fused-ring (bicyclic) bond motifs is 1. The van der Waals surface area contributed by atoms with Gasteiger partial charge in [-0.1, -0.05) is 35.9 Å². The summed E-state index contributed by atoms with van der Waals surface area (Å²) in [6, 6.07) is 16.2. The second-order valence-electron chi connectivity index (χ2n) is 8.91. The fraction of sp³-hybridized carbons (Fsp3) is 0.440. The highest BCUT2D eigenvalue weighted by atomic mass is 35.5. The van der Waals surface area contributed by atoms with Crippen LogP contribution < -0.4 is 4.90 Å². The van der Waals surface area contributed by atoms with Gasteiger partial charge in [-0.05, 0) is 43.7 Å². The molecule has 32 heavy (non-hydrogen) atoms. The molecule has 7 heteroatoms. The van der Waals surface area contributed by atoms with Crippen LogP contribution in [0.4, 0.5) is 5.69 Å². The molecule has 0 N–H and O–H groups in total. The van der Waals surface area contributed by atoms with Gasteiger partial charge in [0.2, 0.25) is 5.91 Å². The molecule has 1 amide bonds. The van der Waals surface area contributed by atoms with Gasteiger partial charge >= 0.3 is 0 Å². The third kappa shape index (κ3) is 4.21. The number of hydrogen-bond donors (Lipinski definition) is 0. The van der Waals surface area contributed by atoms with Crippen LogP contribution in [0.2, 0.25) is 5.02 Å². The van der Waals surface area contributed by atoms with Gasteiger partial charge in [0.1, 0.15) is 5.82 Å². The van der Waals surface area contributed by atoms with Crippen molar-refractivity contribution in [2.75, 3.05) is 44.2 Å². The quantitative estimate of drug-likeness (QED) is 0.605. The number of aryl methyl sites for hydroxylation is 1. The number of amides is 1. The second kappa shape index (κ2) is 9.12. The zero-order valence-corrected chi connectivity index (χ0v) is 19.3. The minimum atomic E-state index is 0.0743. The standard InChI is InChI=1S/C25H30ClN5O/c1-28-23-11-5-3-9-21(23)27-24(28)18-29-12-6-7-19(17-29)25(32)31-15-13-30(14-16-31)22-10-4-2-8-20(22)26/h2-5,8-11,19H,6-7,12-18H2,1H3/t19-/m1/s1.